The number of imidazole rings is 1. The molecule has 5 heteroatoms. The molecule has 1 aromatic rings. The Morgan fingerprint density at radius 2 is 2.30 bits per heavy atom. The maximum absolute atomic E-state index is 10.8. The van der Waals surface area contributed by atoms with Gasteiger partial charge in [-0.2, -0.15) is 0 Å². The Labute approximate surface area is 124 Å². The zero-order valence-electron chi connectivity index (χ0n) is 12.3. The minimum Gasteiger partial charge on any atom is -0.481 e. The van der Waals surface area contributed by atoms with Crippen LogP contribution in [-0.2, 0) is 4.79 Å². The summed E-state index contributed by atoms with van der Waals surface area (Å²) in [6.45, 7) is 7.11. The minimum absolute atomic E-state index is 0.0737. The Morgan fingerprint density at radius 3 is 2.90 bits per heavy atom. The zero-order chi connectivity index (χ0) is 14.5. The molecule has 0 spiro atoms. The van der Waals surface area contributed by atoms with Crippen LogP contribution in [0.2, 0.25) is 0 Å². The Morgan fingerprint density at radius 1 is 1.55 bits per heavy atom. The third-order valence-corrected chi connectivity index (χ3v) is 6.40. The molecule has 3 rings (SSSR count). The number of aliphatic carboxylic acids is 1. The average molecular weight is 294 g/mol. The van der Waals surface area contributed by atoms with E-state index < -0.39 is 5.97 Å². The smallest absolute Gasteiger partial charge is 0.313 e. The van der Waals surface area contributed by atoms with Crippen molar-refractivity contribution in [2.75, 3.05) is 5.75 Å². The number of aromatic nitrogens is 2. The van der Waals surface area contributed by atoms with E-state index >= 15 is 0 Å². The molecule has 3 unspecified atom stereocenters. The Balaban J connectivity index is 1.93. The van der Waals surface area contributed by atoms with Crippen LogP contribution in [0.15, 0.2) is 17.6 Å². The van der Waals surface area contributed by atoms with Gasteiger partial charge >= 0.3 is 5.97 Å². The molecule has 2 aliphatic rings. The molecule has 0 saturated heterocycles. The van der Waals surface area contributed by atoms with E-state index in [-0.39, 0.29) is 11.2 Å². The molecule has 4 nitrogen and oxygen atoms in total. The fraction of sp³-hybridized carbons (Fsp3) is 0.733. The molecule has 2 bridgehead atoms. The molecule has 1 N–H and O–H groups in total. The van der Waals surface area contributed by atoms with E-state index in [1.54, 1.807) is 6.20 Å². The quantitative estimate of drug-likeness (QED) is 0.864. The molecule has 20 heavy (non-hydrogen) atoms. The van der Waals surface area contributed by atoms with Gasteiger partial charge in [-0.1, -0.05) is 32.5 Å². The van der Waals surface area contributed by atoms with E-state index in [9.17, 15) is 4.79 Å². The second kappa shape index (κ2) is 4.52. The Bertz CT molecular complexity index is 535. The van der Waals surface area contributed by atoms with Crippen molar-refractivity contribution in [2.24, 2.45) is 16.7 Å². The number of carbonyl (C=O) groups is 1. The lowest BCUT2D eigenvalue weighted by atomic mass is 9.68. The number of rotatable bonds is 4. The summed E-state index contributed by atoms with van der Waals surface area (Å²) in [4.78, 5) is 15.2. The van der Waals surface area contributed by atoms with E-state index in [0.717, 1.165) is 11.1 Å². The van der Waals surface area contributed by atoms with Gasteiger partial charge in [0.2, 0.25) is 0 Å². The number of hydrogen-bond donors (Lipinski definition) is 1. The van der Waals surface area contributed by atoms with E-state index in [4.69, 9.17) is 5.11 Å². The summed E-state index contributed by atoms with van der Waals surface area (Å²) in [7, 11) is 0. The van der Waals surface area contributed by atoms with Gasteiger partial charge in [0.05, 0.1) is 5.75 Å². The highest BCUT2D eigenvalue weighted by molar-refractivity contribution is 7.99. The molecule has 0 aliphatic heterocycles. The molecular weight excluding hydrogens is 272 g/mol. The van der Waals surface area contributed by atoms with Crippen LogP contribution in [-0.4, -0.2) is 26.4 Å². The van der Waals surface area contributed by atoms with Gasteiger partial charge in [-0.05, 0) is 36.0 Å². The van der Waals surface area contributed by atoms with Crippen molar-refractivity contribution in [3.8, 4) is 0 Å². The molecule has 2 fully saturated rings. The van der Waals surface area contributed by atoms with Gasteiger partial charge in [-0.25, -0.2) is 4.98 Å². The lowest BCUT2D eigenvalue weighted by molar-refractivity contribution is -0.133. The molecular formula is C15H22N2O2S. The Kier molecular flexibility index (Phi) is 3.16. The van der Waals surface area contributed by atoms with Crippen molar-refractivity contribution >= 4 is 17.7 Å². The van der Waals surface area contributed by atoms with E-state index in [0.29, 0.717) is 11.5 Å². The summed E-state index contributed by atoms with van der Waals surface area (Å²) < 4.78 is 2.24. The van der Waals surface area contributed by atoms with E-state index in [1.165, 1.54) is 31.0 Å². The number of thioether (sulfide) groups is 1. The molecule has 0 radical (unpaired) electrons. The predicted molar refractivity (Wildman–Crippen MR) is 78.9 cm³/mol. The van der Waals surface area contributed by atoms with Crippen molar-refractivity contribution in [3.05, 3.63) is 12.4 Å². The van der Waals surface area contributed by atoms with Gasteiger partial charge in [0.15, 0.2) is 5.16 Å². The summed E-state index contributed by atoms with van der Waals surface area (Å²) in [6, 6.07) is 0.424. The second-order valence-electron chi connectivity index (χ2n) is 7.12. The van der Waals surface area contributed by atoms with E-state index in [1.807, 2.05) is 6.20 Å². The van der Waals surface area contributed by atoms with Crippen LogP contribution < -0.4 is 0 Å². The summed E-state index contributed by atoms with van der Waals surface area (Å²) in [5.74, 6) is 0.0600. The van der Waals surface area contributed by atoms with Gasteiger partial charge in [0.25, 0.3) is 0 Å². The van der Waals surface area contributed by atoms with Crippen LogP contribution in [0.5, 0.6) is 0 Å². The lowest BCUT2D eigenvalue weighted by Gasteiger charge is -2.44. The number of fused-ring (bicyclic) bond motifs is 2. The normalized spacial score (nSPS) is 34.5. The van der Waals surface area contributed by atoms with Crippen LogP contribution in [0.3, 0.4) is 0 Å². The number of carboxylic acid groups (broad SMARTS) is 1. The molecule has 0 aromatic carbocycles. The van der Waals surface area contributed by atoms with Gasteiger partial charge < -0.3 is 9.67 Å². The Hall–Kier alpha value is -0.970. The minimum atomic E-state index is -0.789. The lowest BCUT2D eigenvalue weighted by Crippen LogP contribution is -2.37. The molecule has 1 aromatic heterocycles. The van der Waals surface area contributed by atoms with Crippen molar-refractivity contribution < 1.29 is 9.90 Å². The standard InChI is InChI=1S/C15H22N2O2S/c1-14(2)10-4-5-15(3,8-10)12(14)17-7-6-16-13(17)20-9-11(18)19/h6-7,10,12H,4-5,8-9H2,1-3H3,(H,18,19). The summed E-state index contributed by atoms with van der Waals surface area (Å²) >= 11 is 1.33. The van der Waals surface area contributed by atoms with Crippen molar-refractivity contribution in [2.45, 2.75) is 51.2 Å². The van der Waals surface area contributed by atoms with Crippen molar-refractivity contribution in [3.63, 3.8) is 0 Å². The first kappa shape index (κ1) is 14.0. The largest absolute Gasteiger partial charge is 0.481 e. The number of carboxylic acids is 1. The zero-order valence-corrected chi connectivity index (χ0v) is 13.1. The molecule has 2 saturated carbocycles. The highest BCUT2D eigenvalue weighted by Crippen LogP contribution is 2.68. The predicted octanol–water partition coefficient (Wildman–Crippen LogP) is 3.45. The van der Waals surface area contributed by atoms with Gasteiger partial charge in [0, 0.05) is 18.4 Å². The monoisotopic (exact) mass is 294 g/mol. The average Bonchev–Trinajstić information content (AvgIpc) is 2.97. The molecule has 110 valence electrons. The maximum atomic E-state index is 10.8. The number of nitrogens with zero attached hydrogens (tertiary/aromatic N) is 2. The highest BCUT2D eigenvalue weighted by Gasteiger charge is 2.60. The topological polar surface area (TPSA) is 55.1 Å². The summed E-state index contributed by atoms with van der Waals surface area (Å²) in [5.41, 5.74) is 0.583. The number of hydrogen-bond acceptors (Lipinski definition) is 3. The van der Waals surface area contributed by atoms with Crippen LogP contribution in [0.1, 0.15) is 46.1 Å². The fourth-order valence-electron chi connectivity index (χ4n) is 4.70. The highest BCUT2D eigenvalue weighted by atomic mass is 32.2. The van der Waals surface area contributed by atoms with Gasteiger partial charge in [-0.15, -0.1) is 0 Å². The van der Waals surface area contributed by atoms with Gasteiger partial charge in [0.1, 0.15) is 0 Å². The molecule has 3 atom stereocenters. The third kappa shape index (κ3) is 1.98. The van der Waals surface area contributed by atoms with Crippen LogP contribution >= 0.6 is 11.8 Å². The molecule has 1 heterocycles. The fourth-order valence-corrected chi connectivity index (χ4v) is 5.41. The summed E-state index contributed by atoms with van der Waals surface area (Å²) in [5, 5.41) is 9.72. The third-order valence-electron chi connectivity index (χ3n) is 5.43. The molecule has 2 aliphatic carbocycles. The first-order valence-electron chi connectivity index (χ1n) is 7.22. The first-order chi connectivity index (χ1) is 9.34. The van der Waals surface area contributed by atoms with Crippen molar-refractivity contribution in [1.82, 2.24) is 9.55 Å². The molecule has 0 amide bonds. The van der Waals surface area contributed by atoms with Crippen LogP contribution in [0, 0.1) is 16.7 Å². The van der Waals surface area contributed by atoms with Crippen LogP contribution in [0.25, 0.3) is 0 Å². The SMILES string of the molecule is CC12CCC(C1)C(C)(C)C2n1ccnc1SCC(=O)O. The maximum Gasteiger partial charge on any atom is 0.313 e. The van der Waals surface area contributed by atoms with Gasteiger partial charge in [-0.3, -0.25) is 4.79 Å². The summed E-state index contributed by atoms with van der Waals surface area (Å²) in [6.07, 6.45) is 7.71. The van der Waals surface area contributed by atoms with Crippen molar-refractivity contribution in [1.29, 1.82) is 0 Å². The first-order valence-corrected chi connectivity index (χ1v) is 8.20. The van der Waals surface area contributed by atoms with Crippen LogP contribution in [0.4, 0.5) is 0 Å². The second-order valence-corrected chi connectivity index (χ2v) is 8.06. The van der Waals surface area contributed by atoms with E-state index in [2.05, 4.69) is 30.3 Å².